The summed E-state index contributed by atoms with van der Waals surface area (Å²) in [6.07, 6.45) is 1.02. The van der Waals surface area contributed by atoms with Gasteiger partial charge in [-0.05, 0) is 32.4 Å². The number of guanidine groups is 1. The van der Waals surface area contributed by atoms with Gasteiger partial charge in [-0.15, -0.1) is 22.7 Å². The molecule has 0 saturated carbocycles. The van der Waals surface area contributed by atoms with E-state index in [-0.39, 0.29) is 0 Å². The zero-order chi connectivity index (χ0) is 13.9. The standard InChI is InChI=1S/C14H18N4S2/c1-9-7-16-14(17-9)15-6-5-11-3-4-13(20-11)12-8-19-10(2)18-12/h3-4,8-9H,5-7H2,1-2H3,(H2,15,16,17). The van der Waals surface area contributed by atoms with Gasteiger partial charge in [0, 0.05) is 22.8 Å². The summed E-state index contributed by atoms with van der Waals surface area (Å²) in [5, 5.41) is 9.90. The maximum atomic E-state index is 4.53. The number of aryl methyl sites for hydroxylation is 1. The normalized spacial score (nSPS) is 17.9. The fourth-order valence-corrected chi connectivity index (χ4v) is 3.75. The Balaban J connectivity index is 1.53. The third-order valence-electron chi connectivity index (χ3n) is 3.10. The predicted molar refractivity (Wildman–Crippen MR) is 86.8 cm³/mol. The van der Waals surface area contributed by atoms with Crippen LogP contribution in [0.1, 0.15) is 16.8 Å². The zero-order valence-electron chi connectivity index (χ0n) is 11.6. The summed E-state index contributed by atoms with van der Waals surface area (Å²) in [7, 11) is 0. The molecule has 3 heterocycles. The Morgan fingerprint density at radius 3 is 3.05 bits per heavy atom. The summed E-state index contributed by atoms with van der Waals surface area (Å²) in [5.41, 5.74) is 1.10. The Morgan fingerprint density at radius 2 is 2.35 bits per heavy atom. The molecule has 0 amide bonds. The van der Waals surface area contributed by atoms with E-state index in [0.29, 0.717) is 6.04 Å². The molecule has 0 aromatic carbocycles. The van der Waals surface area contributed by atoms with Gasteiger partial charge in [0.25, 0.3) is 0 Å². The Morgan fingerprint density at radius 1 is 1.45 bits per heavy atom. The number of hydrogen-bond donors (Lipinski definition) is 2. The molecule has 0 saturated heterocycles. The number of aromatic nitrogens is 1. The highest BCUT2D eigenvalue weighted by Crippen LogP contribution is 2.29. The first kappa shape index (κ1) is 13.6. The molecule has 1 atom stereocenters. The number of hydrogen-bond acceptors (Lipinski definition) is 6. The lowest BCUT2D eigenvalue weighted by molar-refractivity contribution is 0.713. The minimum Gasteiger partial charge on any atom is -0.356 e. The van der Waals surface area contributed by atoms with E-state index < -0.39 is 0 Å². The first-order valence-electron chi connectivity index (χ1n) is 6.77. The van der Waals surface area contributed by atoms with E-state index in [1.165, 1.54) is 9.75 Å². The Bertz CT molecular complexity index is 614. The van der Waals surface area contributed by atoms with Crippen molar-refractivity contribution >= 4 is 28.6 Å². The molecule has 0 aliphatic carbocycles. The molecule has 0 fully saturated rings. The maximum Gasteiger partial charge on any atom is 0.191 e. The number of thiophene rings is 1. The second-order valence-corrected chi connectivity index (χ2v) is 7.16. The minimum absolute atomic E-state index is 0.457. The van der Waals surface area contributed by atoms with Gasteiger partial charge in [0.15, 0.2) is 5.96 Å². The van der Waals surface area contributed by atoms with Crippen molar-refractivity contribution in [3.63, 3.8) is 0 Å². The maximum absolute atomic E-state index is 4.53. The molecule has 20 heavy (non-hydrogen) atoms. The number of nitrogens with one attached hydrogen (secondary N) is 2. The second kappa shape index (κ2) is 5.93. The number of thiazole rings is 1. The van der Waals surface area contributed by atoms with Gasteiger partial charge in [-0.1, -0.05) is 0 Å². The lowest BCUT2D eigenvalue weighted by Crippen LogP contribution is -2.38. The van der Waals surface area contributed by atoms with E-state index in [1.807, 2.05) is 18.3 Å². The molecule has 2 N–H and O–H groups in total. The van der Waals surface area contributed by atoms with Crippen LogP contribution < -0.4 is 10.6 Å². The highest BCUT2D eigenvalue weighted by atomic mass is 32.1. The fourth-order valence-electron chi connectivity index (χ4n) is 2.09. The lowest BCUT2D eigenvalue weighted by Gasteiger charge is -2.07. The van der Waals surface area contributed by atoms with Crippen LogP contribution in [-0.2, 0) is 6.42 Å². The summed E-state index contributed by atoms with van der Waals surface area (Å²) < 4.78 is 0. The average Bonchev–Trinajstić information content (AvgIpc) is 3.11. The van der Waals surface area contributed by atoms with Gasteiger partial charge >= 0.3 is 0 Å². The molecule has 6 heteroatoms. The van der Waals surface area contributed by atoms with Crippen molar-refractivity contribution in [1.29, 1.82) is 0 Å². The van der Waals surface area contributed by atoms with Crippen molar-refractivity contribution in [3.05, 3.63) is 27.4 Å². The van der Waals surface area contributed by atoms with Gasteiger partial charge in [0.2, 0.25) is 0 Å². The number of nitrogens with zero attached hydrogens (tertiary/aromatic N) is 2. The van der Waals surface area contributed by atoms with Crippen molar-refractivity contribution in [2.24, 2.45) is 4.99 Å². The van der Waals surface area contributed by atoms with Gasteiger partial charge in [-0.25, -0.2) is 4.98 Å². The molecule has 2 aromatic heterocycles. The lowest BCUT2D eigenvalue weighted by atomic mass is 10.3. The molecule has 2 aromatic rings. The predicted octanol–water partition coefficient (Wildman–Crippen LogP) is 2.66. The summed E-state index contributed by atoms with van der Waals surface area (Å²) in [5.74, 6) is 0.935. The molecule has 4 nitrogen and oxygen atoms in total. The van der Waals surface area contributed by atoms with Crippen LogP contribution in [0.4, 0.5) is 0 Å². The van der Waals surface area contributed by atoms with E-state index in [1.54, 1.807) is 11.3 Å². The van der Waals surface area contributed by atoms with Crippen LogP contribution in [0, 0.1) is 6.92 Å². The van der Waals surface area contributed by atoms with Crippen LogP contribution in [0.5, 0.6) is 0 Å². The number of rotatable bonds is 4. The molecule has 106 valence electrons. The SMILES string of the molecule is Cc1nc(-c2ccc(CCNC3=NCC(C)N3)s2)cs1. The van der Waals surface area contributed by atoms with Gasteiger partial charge in [0.05, 0.1) is 22.1 Å². The van der Waals surface area contributed by atoms with Crippen LogP contribution in [0.2, 0.25) is 0 Å². The van der Waals surface area contributed by atoms with Crippen LogP contribution in [-0.4, -0.2) is 30.1 Å². The molecule has 0 bridgehead atoms. The first-order valence-corrected chi connectivity index (χ1v) is 8.46. The number of aliphatic imine (C=N–C) groups is 1. The molecule has 1 unspecified atom stereocenters. The second-order valence-electron chi connectivity index (χ2n) is 4.93. The van der Waals surface area contributed by atoms with Crippen LogP contribution in [0.3, 0.4) is 0 Å². The van der Waals surface area contributed by atoms with Crippen LogP contribution >= 0.6 is 22.7 Å². The molecular weight excluding hydrogens is 288 g/mol. The Labute approximate surface area is 127 Å². The molecule has 1 aliphatic rings. The summed E-state index contributed by atoms with van der Waals surface area (Å²) in [4.78, 5) is 11.6. The van der Waals surface area contributed by atoms with E-state index in [0.717, 1.165) is 36.2 Å². The van der Waals surface area contributed by atoms with E-state index in [4.69, 9.17) is 0 Å². The van der Waals surface area contributed by atoms with E-state index >= 15 is 0 Å². The topological polar surface area (TPSA) is 49.3 Å². The van der Waals surface area contributed by atoms with Crippen LogP contribution in [0.15, 0.2) is 22.5 Å². The van der Waals surface area contributed by atoms with Crippen molar-refractivity contribution in [3.8, 4) is 10.6 Å². The summed E-state index contributed by atoms with van der Waals surface area (Å²) >= 11 is 3.53. The molecule has 0 spiro atoms. The van der Waals surface area contributed by atoms with Gasteiger partial charge in [0.1, 0.15) is 0 Å². The average molecular weight is 306 g/mol. The van der Waals surface area contributed by atoms with Crippen molar-refractivity contribution in [2.75, 3.05) is 13.1 Å². The monoisotopic (exact) mass is 306 g/mol. The third kappa shape index (κ3) is 3.19. The smallest absolute Gasteiger partial charge is 0.191 e. The van der Waals surface area contributed by atoms with Crippen LogP contribution in [0.25, 0.3) is 10.6 Å². The first-order chi connectivity index (χ1) is 9.70. The van der Waals surface area contributed by atoms with Gasteiger partial charge in [-0.2, -0.15) is 0 Å². The molecule has 3 rings (SSSR count). The van der Waals surface area contributed by atoms with Gasteiger partial charge < -0.3 is 10.6 Å². The fraction of sp³-hybridized carbons (Fsp3) is 0.429. The zero-order valence-corrected chi connectivity index (χ0v) is 13.3. The van der Waals surface area contributed by atoms with E-state index in [9.17, 15) is 0 Å². The highest BCUT2D eigenvalue weighted by molar-refractivity contribution is 7.16. The third-order valence-corrected chi connectivity index (χ3v) is 5.04. The Hall–Kier alpha value is -1.40. The van der Waals surface area contributed by atoms with Crippen molar-refractivity contribution in [1.82, 2.24) is 15.6 Å². The summed E-state index contributed by atoms with van der Waals surface area (Å²) in [6, 6.07) is 4.82. The molecular formula is C14H18N4S2. The minimum atomic E-state index is 0.457. The summed E-state index contributed by atoms with van der Waals surface area (Å²) in [6.45, 7) is 5.96. The quantitative estimate of drug-likeness (QED) is 0.913. The molecule has 0 radical (unpaired) electrons. The largest absolute Gasteiger partial charge is 0.356 e. The Kier molecular flexibility index (Phi) is 4.03. The highest BCUT2D eigenvalue weighted by Gasteiger charge is 2.11. The van der Waals surface area contributed by atoms with E-state index in [2.05, 4.69) is 45.0 Å². The van der Waals surface area contributed by atoms with Crippen molar-refractivity contribution < 1.29 is 0 Å². The molecule has 1 aliphatic heterocycles. The van der Waals surface area contributed by atoms with Crippen molar-refractivity contribution in [2.45, 2.75) is 26.3 Å². The van der Waals surface area contributed by atoms with Gasteiger partial charge in [-0.3, -0.25) is 4.99 Å².